The summed E-state index contributed by atoms with van der Waals surface area (Å²) in [7, 11) is 0. The first-order valence-corrected chi connectivity index (χ1v) is 8.25. The summed E-state index contributed by atoms with van der Waals surface area (Å²) in [6.07, 6.45) is 6.55. The van der Waals surface area contributed by atoms with Crippen LogP contribution in [0.2, 0.25) is 5.02 Å². The number of para-hydroxylation sites is 1. The topological polar surface area (TPSA) is 3.24 Å². The molecular formula is C16H23Cl2N. The van der Waals surface area contributed by atoms with E-state index in [2.05, 4.69) is 17.9 Å². The lowest BCUT2D eigenvalue weighted by Gasteiger charge is -2.26. The highest BCUT2D eigenvalue weighted by molar-refractivity contribution is 6.33. The second kappa shape index (κ2) is 7.40. The number of hydrogen-bond donors (Lipinski definition) is 0. The van der Waals surface area contributed by atoms with Crippen molar-refractivity contribution in [3.8, 4) is 0 Å². The standard InChI is InChI=1S/C16H23Cl2N/c1-2-5-13-6-4-10-19(11-9-13)16-14(12-17)7-3-8-15(16)18/h3,7-8,13H,2,4-6,9-12H2,1H3. The summed E-state index contributed by atoms with van der Waals surface area (Å²) >= 11 is 12.4. The summed E-state index contributed by atoms with van der Waals surface area (Å²) in [6, 6.07) is 6.05. The molecular weight excluding hydrogens is 277 g/mol. The van der Waals surface area contributed by atoms with Crippen LogP contribution in [-0.4, -0.2) is 13.1 Å². The lowest BCUT2D eigenvalue weighted by Crippen LogP contribution is -2.25. The monoisotopic (exact) mass is 299 g/mol. The van der Waals surface area contributed by atoms with E-state index in [1.165, 1.54) is 32.1 Å². The van der Waals surface area contributed by atoms with Crippen LogP contribution in [0.25, 0.3) is 0 Å². The van der Waals surface area contributed by atoms with Crippen molar-refractivity contribution >= 4 is 28.9 Å². The third kappa shape index (κ3) is 3.79. The van der Waals surface area contributed by atoms with Crippen LogP contribution in [-0.2, 0) is 5.88 Å². The zero-order valence-electron chi connectivity index (χ0n) is 11.7. The third-order valence-electron chi connectivity index (χ3n) is 4.08. The maximum Gasteiger partial charge on any atom is 0.0642 e. The average molecular weight is 300 g/mol. The summed E-state index contributed by atoms with van der Waals surface area (Å²) in [4.78, 5) is 2.44. The Labute approximate surface area is 126 Å². The summed E-state index contributed by atoms with van der Waals surface area (Å²) in [6.45, 7) is 4.49. The normalized spacial score (nSPS) is 20.4. The maximum atomic E-state index is 6.39. The first-order chi connectivity index (χ1) is 9.26. The number of alkyl halides is 1. The van der Waals surface area contributed by atoms with Crippen LogP contribution in [0, 0.1) is 5.92 Å². The highest BCUT2D eigenvalue weighted by Gasteiger charge is 2.20. The second-order valence-corrected chi connectivity index (χ2v) is 6.13. The number of nitrogens with zero attached hydrogens (tertiary/aromatic N) is 1. The molecule has 0 amide bonds. The van der Waals surface area contributed by atoms with Gasteiger partial charge in [-0.1, -0.05) is 43.5 Å². The van der Waals surface area contributed by atoms with E-state index < -0.39 is 0 Å². The van der Waals surface area contributed by atoms with E-state index in [4.69, 9.17) is 23.2 Å². The molecule has 2 rings (SSSR count). The molecule has 0 spiro atoms. The first-order valence-electron chi connectivity index (χ1n) is 7.34. The lowest BCUT2D eigenvalue weighted by atomic mass is 9.96. The van der Waals surface area contributed by atoms with E-state index >= 15 is 0 Å². The summed E-state index contributed by atoms with van der Waals surface area (Å²) < 4.78 is 0. The molecule has 1 atom stereocenters. The van der Waals surface area contributed by atoms with Crippen LogP contribution in [0.5, 0.6) is 0 Å². The van der Waals surface area contributed by atoms with Gasteiger partial charge in [-0.15, -0.1) is 11.6 Å². The molecule has 0 saturated carbocycles. The number of anilines is 1. The van der Waals surface area contributed by atoms with Gasteiger partial charge in [0, 0.05) is 19.0 Å². The fourth-order valence-corrected chi connectivity index (χ4v) is 3.64. The zero-order chi connectivity index (χ0) is 13.7. The van der Waals surface area contributed by atoms with Crippen molar-refractivity contribution in [2.24, 2.45) is 5.92 Å². The van der Waals surface area contributed by atoms with Crippen molar-refractivity contribution in [3.05, 3.63) is 28.8 Å². The Morgan fingerprint density at radius 3 is 2.84 bits per heavy atom. The van der Waals surface area contributed by atoms with E-state index in [9.17, 15) is 0 Å². The Hall–Kier alpha value is -0.400. The van der Waals surface area contributed by atoms with Crippen LogP contribution < -0.4 is 4.90 Å². The van der Waals surface area contributed by atoms with Crippen LogP contribution >= 0.6 is 23.2 Å². The van der Waals surface area contributed by atoms with Crippen molar-refractivity contribution in [2.45, 2.75) is 44.9 Å². The molecule has 1 aromatic carbocycles. The van der Waals surface area contributed by atoms with Crippen LogP contribution in [0.15, 0.2) is 18.2 Å². The highest BCUT2D eigenvalue weighted by atomic mass is 35.5. The van der Waals surface area contributed by atoms with Gasteiger partial charge in [0.1, 0.15) is 0 Å². The lowest BCUT2D eigenvalue weighted by molar-refractivity contribution is 0.435. The fraction of sp³-hybridized carbons (Fsp3) is 0.625. The molecule has 0 radical (unpaired) electrons. The van der Waals surface area contributed by atoms with Gasteiger partial charge in [0.05, 0.1) is 10.7 Å². The van der Waals surface area contributed by atoms with E-state index in [1.807, 2.05) is 12.1 Å². The smallest absolute Gasteiger partial charge is 0.0642 e. The molecule has 0 bridgehead atoms. The molecule has 3 heteroatoms. The number of benzene rings is 1. The van der Waals surface area contributed by atoms with Gasteiger partial charge in [-0.2, -0.15) is 0 Å². The van der Waals surface area contributed by atoms with E-state index in [0.29, 0.717) is 5.88 Å². The predicted molar refractivity (Wildman–Crippen MR) is 85.5 cm³/mol. The molecule has 106 valence electrons. The minimum atomic E-state index is 0.533. The minimum Gasteiger partial charge on any atom is -0.370 e. The van der Waals surface area contributed by atoms with E-state index in [0.717, 1.165) is 35.3 Å². The molecule has 0 aromatic heterocycles. The second-order valence-electron chi connectivity index (χ2n) is 5.45. The predicted octanol–water partition coefficient (Wildman–Crippen LogP) is 5.49. The SMILES string of the molecule is CCCC1CCCN(c2c(Cl)cccc2CCl)CC1. The largest absolute Gasteiger partial charge is 0.370 e. The van der Waals surface area contributed by atoms with Gasteiger partial charge < -0.3 is 4.90 Å². The molecule has 1 aliphatic heterocycles. The molecule has 1 saturated heterocycles. The Morgan fingerprint density at radius 1 is 1.26 bits per heavy atom. The van der Waals surface area contributed by atoms with Gasteiger partial charge in [-0.05, 0) is 36.8 Å². The van der Waals surface area contributed by atoms with Crippen molar-refractivity contribution < 1.29 is 0 Å². The molecule has 1 fully saturated rings. The van der Waals surface area contributed by atoms with Gasteiger partial charge >= 0.3 is 0 Å². The first kappa shape index (κ1) is 15.0. The quantitative estimate of drug-likeness (QED) is 0.665. The van der Waals surface area contributed by atoms with Gasteiger partial charge in [-0.3, -0.25) is 0 Å². The summed E-state index contributed by atoms with van der Waals surface area (Å²) in [5.41, 5.74) is 2.32. The Balaban J connectivity index is 2.14. The van der Waals surface area contributed by atoms with E-state index in [1.54, 1.807) is 0 Å². The molecule has 1 heterocycles. The van der Waals surface area contributed by atoms with Crippen LogP contribution in [0.4, 0.5) is 5.69 Å². The molecule has 1 aromatic rings. The Kier molecular flexibility index (Phi) is 5.84. The van der Waals surface area contributed by atoms with Crippen LogP contribution in [0.3, 0.4) is 0 Å². The highest BCUT2D eigenvalue weighted by Crippen LogP contribution is 2.34. The average Bonchev–Trinajstić information content (AvgIpc) is 2.64. The number of halogens is 2. The molecule has 1 unspecified atom stereocenters. The molecule has 1 aliphatic rings. The number of hydrogen-bond acceptors (Lipinski definition) is 1. The molecule has 1 nitrogen and oxygen atoms in total. The van der Waals surface area contributed by atoms with Gasteiger partial charge in [0.2, 0.25) is 0 Å². The van der Waals surface area contributed by atoms with Gasteiger partial charge in [-0.25, -0.2) is 0 Å². The Bertz CT molecular complexity index is 406. The molecule has 19 heavy (non-hydrogen) atoms. The van der Waals surface area contributed by atoms with Crippen LogP contribution in [0.1, 0.15) is 44.6 Å². The van der Waals surface area contributed by atoms with Crippen molar-refractivity contribution in [1.29, 1.82) is 0 Å². The fourth-order valence-electron chi connectivity index (χ4n) is 3.11. The third-order valence-corrected chi connectivity index (χ3v) is 4.67. The minimum absolute atomic E-state index is 0.533. The van der Waals surface area contributed by atoms with Crippen molar-refractivity contribution in [3.63, 3.8) is 0 Å². The van der Waals surface area contributed by atoms with E-state index in [-0.39, 0.29) is 0 Å². The van der Waals surface area contributed by atoms with Crippen molar-refractivity contribution in [1.82, 2.24) is 0 Å². The zero-order valence-corrected chi connectivity index (χ0v) is 13.2. The Morgan fingerprint density at radius 2 is 2.11 bits per heavy atom. The summed E-state index contributed by atoms with van der Waals surface area (Å²) in [5, 5.41) is 0.840. The summed E-state index contributed by atoms with van der Waals surface area (Å²) in [5.74, 6) is 1.42. The molecule has 0 aliphatic carbocycles. The number of rotatable bonds is 4. The van der Waals surface area contributed by atoms with Gasteiger partial charge in [0.25, 0.3) is 0 Å². The molecule has 0 N–H and O–H groups in total. The van der Waals surface area contributed by atoms with Crippen molar-refractivity contribution in [2.75, 3.05) is 18.0 Å². The van der Waals surface area contributed by atoms with Gasteiger partial charge in [0.15, 0.2) is 0 Å². The maximum absolute atomic E-state index is 6.39.